The van der Waals surface area contributed by atoms with Gasteiger partial charge >= 0.3 is 0 Å². The molecule has 18 heavy (non-hydrogen) atoms. The summed E-state index contributed by atoms with van der Waals surface area (Å²) >= 11 is 2.46. The number of fused-ring (bicyclic) bond motifs is 1. The summed E-state index contributed by atoms with van der Waals surface area (Å²) in [5.41, 5.74) is 2.82. The van der Waals surface area contributed by atoms with Crippen LogP contribution in [0.1, 0.15) is 31.1 Å². The third-order valence-electron chi connectivity index (χ3n) is 3.63. The topological polar surface area (TPSA) is 21.3 Å². The third-order valence-corrected chi connectivity index (χ3v) is 4.58. The highest BCUT2D eigenvalue weighted by atomic mass is 127. The molecule has 2 rings (SSSR count). The molecule has 1 aliphatic rings. The number of alkyl halides is 1. The first-order valence-corrected chi connectivity index (χ1v) is 8.23. The fourth-order valence-electron chi connectivity index (χ4n) is 2.37. The van der Waals surface area contributed by atoms with E-state index >= 15 is 0 Å². The van der Waals surface area contributed by atoms with Crippen LogP contribution in [-0.2, 0) is 11.2 Å². The van der Waals surface area contributed by atoms with Crippen molar-refractivity contribution in [2.45, 2.75) is 32.4 Å². The van der Waals surface area contributed by atoms with Crippen LogP contribution in [0.2, 0.25) is 0 Å². The number of rotatable bonds is 5. The zero-order valence-electron chi connectivity index (χ0n) is 11.2. The molecule has 1 heterocycles. The Bertz CT molecular complexity index is 381. The predicted octanol–water partition coefficient (Wildman–Crippen LogP) is 3.35. The van der Waals surface area contributed by atoms with Gasteiger partial charge in [-0.25, -0.2) is 0 Å². The number of halogens is 1. The first-order chi connectivity index (χ1) is 8.72. The van der Waals surface area contributed by atoms with Gasteiger partial charge in [-0.15, -0.1) is 0 Å². The van der Waals surface area contributed by atoms with Crippen molar-refractivity contribution < 1.29 is 4.74 Å². The Hall–Kier alpha value is -0.130. The molecule has 100 valence electrons. The molecule has 0 fully saturated rings. The summed E-state index contributed by atoms with van der Waals surface area (Å²) in [6, 6.07) is 9.23. The third kappa shape index (κ3) is 3.45. The molecule has 1 aromatic rings. The molecule has 0 aliphatic carbocycles. The van der Waals surface area contributed by atoms with Gasteiger partial charge in [-0.3, -0.25) is 0 Å². The van der Waals surface area contributed by atoms with E-state index in [9.17, 15) is 0 Å². The molecular formula is C15H22INO. The second kappa shape index (κ2) is 6.87. The number of hydrogen-bond acceptors (Lipinski definition) is 2. The zero-order chi connectivity index (χ0) is 13.0. The molecule has 1 N–H and O–H groups in total. The first-order valence-electron chi connectivity index (χ1n) is 6.71. The van der Waals surface area contributed by atoms with Crippen LogP contribution >= 0.6 is 22.6 Å². The van der Waals surface area contributed by atoms with E-state index in [1.165, 1.54) is 11.1 Å². The van der Waals surface area contributed by atoms with E-state index in [2.05, 4.69) is 66.0 Å². The van der Waals surface area contributed by atoms with E-state index in [1.54, 1.807) is 0 Å². The minimum absolute atomic E-state index is 0.221. The number of hydrogen-bond donors (Lipinski definition) is 1. The summed E-state index contributed by atoms with van der Waals surface area (Å²) in [6.45, 7) is 6.31. The Labute approximate surface area is 124 Å². The summed E-state index contributed by atoms with van der Waals surface area (Å²) in [5, 5.41) is 3.65. The standard InChI is InChI=1S/C15H22INO/c1-11(2)14(9-16)17-10-15-13-6-4-3-5-12(13)7-8-18-15/h3-6,11,14-15,17H,7-10H2,1-2H3. The summed E-state index contributed by atoms with van der Waals surface area (Å²) in [4.78, 5) is 0. The lowest BCUT2D eigenvalue weighted by molar-refractivity contribution is 0.0402. The second-order valence-electron chi connectivity index (χ2n) is 5.22. The normalized spacial score (nSPS) is 20.8. The maximum atomic E-state index is 5.91. The molecule has 2 unspecified atom stereocenters. The van der Waals surface area contributed by atoms with Gasteiger partial charge in [0.1, 0.15) is 0 Å². The van der Waals surface area contributed by atoms with Crippen LogP contribution < -0.4 is 5.32 Å². The van der Waals surface area contributed by atoms with Gasteiger partial charge in [-0.2, -0.15) is 0 Å². The highest BCUT2D eigenvalue weighted by molar-refractivity contribution is 14.1. The number of ether oxygens (including phenoxy) is 1. The molecule has 0 aromatic heterocycles. The van der Waals surface area contributed by atoms with Gasteiger partial charge in [0.25, 0.3) is 0 Å². The lowest BCUT2D eigenvalue weighted by Crippen LogP contribution is -2.39. The average molecular weight is 359 g/mol. The SMILES string of the molecule is CC(C)C(CI)NCC1OCCc2ccccc21. The Morgan fingerprint density at radius 1 is 1.39 bits per heavy atom. The second-order valence-corrected chi connectivity index (χ2v) is 6.10. The van der Waals surface area contributed by atoms with Gasteiger partial charge in [0.2, 0.25) is 0 Å². The molecule has 0 saturated carbocycles. The Morgan fingerprint density at radius 3 is 2.89 bits per heavy atom. The van der Waals surface area contributed by atoms with E-state index in [0.29, 0.717) is 12.0 Å². The molecule has 1 aromatic carbocycles. The van der Waals surface area contributed by atoms with Crippen molar-refractivity contribution in [1.82, 2.24) is 5.32 Å². The highest BCUT2D eigenvalue weighted by Gasteiger charge is 2.21. The lowest BCUT2D eigenvalue weighted by atomic mass is 9.97. The molecule has 0 saturated heterocycles. The van der Waals surface area contributed by atoms with Crippen LogP contribution in [0.3, 0.4) is 0 Å². The van der Waals surface area contributed by atoms with E-state index in [-0.39, 0.29) is 6.10 Å². The van der Waals surface area contributed by atoms with Crippen molar-refractivity contribution in [2.75, 3.05) is 17.6 Å². The molecule has 0 spiro atoms. The zero-order valence-corrected chi connectivity index (χ0v) is 13.3. The van der Waals surface area contributed by atoms with Crippen LogP contribution in [0, 0.1) is 5.92 Å². The number of nitrogens with one attached hydrogen (secondary N) is 1. The van der Waals surface area contributed by atoms with Crippen LogP contribution in [0.15, 0.2) is 24.3 Å². The Morgan fingerprint density at radius 2 is 2.17 bits per heavy atom. The molecule has 2 nitrogen and oxygen atoms in total. The van der Waals surface area contributed by atoms with Crippen LogP contribution in [0.5, 0.6) is 0 Å². The summed E-state index contributed by atoms with van der Waals surface area (Å²) < 4.78 is 7.06. The van der Waals surface area contributed by atoms with E-state index in [0.717, 1.165) is 24.0 Å². The van der Waals surface area contributed by atoms with E-state index in [4.69, 9.17) is 4.74 Å². The van der Waals surface area contributed by atoms with Gasteiger partial charge in [0, 0.05) is 17.0 Å². The minimum atomic E-state index is 0.221. The maximum absolute atomic E-state index is 5.91. The Kier molecular flexibility index (Phi) is 5.45. The highest BCUT2D eigenvalue weighted by Crippen LogP contribution is 2.26. The van der Waals surface area contributed by atoms with Crippen molar-refractivity contribution >= 4 is 22.6 Å². The molecule has 0 radical (unpaired) electrons. The fraction of sp³-hybridized carbons (Fsp3) is 0.600. The minimum Gasteiger partial charge on any atom is -0.372 e. The predicted molar refractivity (Wildman–Crippen MR) is 84.4 cm³/mol. The monoisotopic (exact) mass is 359 g/mol. The molecule has 0 amide bonds. The molecular weight excluding hydrogens is 337 g/mol. The van der Waals surface area contributed by atoms with Gasteiger partial charge in [-0.05, 0) is 23.5 Å². The van der Waals surface area contributed by atoms with Crippen LogP contribution in [0.4, 0.5) is 0 Å². The molecule has 1 aliphatic heterocycles. The summed E-state index contributed by atoms with van der Waals surface area (Å²) in [7, 11) is 0. The summed E-state index contributed by atoms with van der Waals surface area (Å²) in [5.74, 6) is 0.667. The van der Waals surface area contributed by atoms with Crippen molar-refractivity contribution in [1.29, 1.82) is 0 Å². The lowest BCUT2D eigenvalue weighted by Gasteiger charge is -2.29. The van der Waals surface area contributed by atoms with Crippen LogP contribution in [-0.4, -0.2) is 23.6 Å². The van der Waals surface area contributed by atoms with Crippen molar-refractivity contribution in [3.8, 4) is 0 Å². The smallest absolute Gasteiger partial charge is 0.0952 e. The average Bonchev–Trinajstić information content (AvgIpc) is 2.39. The van der Waals surface area contributed by atoms with Gasteiger partial charge < -0.3 is 10.1 Å². The Balaban J connectivity index is 1.99. The first kappa shape index (κ1) is 14.3. The van der Waals surface area contributed by atoms with Crippen molar-refractivity contribution in [3.05, 3.63) is 35.4 Å². The maximum Gasteiger partial charge on any atom is 0.0952 e. The molecule has 2 atom stereocenters. The fourth-order valence-corrected chi connectivity index (χ4v) is 3.70. The van der Waals surface area contributed by atoms with E-state index < -0.39 is 0 Å². The van der Waals surface area contributed by atoms with E-state index in [1.807, 2.05) is 0 Å². The molecule has 0 bridgehead atoms. The van der Waals surface area contributed by atoms with Crippen LogP contribution in [0.25, 0.3) is 0 Å². The quantitative estimate of drug-likeness (QED) is 0.643. The van der Waals surface area contributed by atoms with Gasteiger partial charge in [0.15, 0.2) is 0 Å². The van der Waals surface area contributed by atoms with Crippen molar-refractivity contribution in [2.24, 2.45) is 5.92 Å². The van der Waals surface area contributed by atoms with Gasteiger partial charge in [-0.1, -0.05) is 60.7 Å². The van der Waals surface area contributed by atoms with Gasteiger partial charge in [0.05, 0.1) is 12.7 Å². The largest absolute Gasteiger partial charge is 0.372 e. The van der Waals surface area contributed by atoms with Crippen molar-refractivity contribution in [3.63, 3.8) is 0 Å². The number of benzene rings is 1. The summed E-state index contributed by atoms with van der Waals surface area (Å²) in [6.07, 6.45) is 1.27. The molecule has 3 heteroatoms.